The molecule has 30 heavy (non-hydrogen) atoms. The number of methoxy groups -OCH3 is 1. The van der Waals surface area contributed by atoms with E-state index in [2.05, 4.69) is 10.3 Å². The molecule has 2 aromatic carbocycles. The van der Waals surface area contributed by atoms with Gasteiger partial charge < -0.3 is 19.5 Å². The van der Waals surface area contributed by atoms with Crippen molar-refractivity contribution in [3.8, 4) is 23.1 Å². The number of aromatic nitrogens is 1. The molecule has 3 aromatic rings. The van der Waals surface area contributed by atoms with Crippen LogP contribution in [0.4, 0.5) is 5.69 Å². The van der Waals surface area contributed by atoms with Crippen molar-refractivity contribution in [2.75, 3.05) is 25.6 Å². The van der Waals surface area contributed by atoms with Crippen LogP contribution in [0.15, 0.2) is 71.9 Å². The van der Waals surface area contributed by atoms with Crippen LogP contribution in [0.1, 0.15) is 24.8 Å². The molecule has 0 fully saturated rings. The summed E-state index contributed by atoms with van der Waals surface area (Å²) in [5.41, 5.74) is 1.67. The number of anilines is 1. The van der Waals surface area contributed by atoms with Crippen molar-refractivity contribution in [2.45, 2.75) is 19.3 Å². The first kappa shape index (κ1) is 19.8. The van der Waals surface area contributed by atoms with Crippen molar-refractivity contribution < 1.29 is 14.2 Å². The van der Waals surface area contributed by atoms with Crippen molar-refractivity contribution in [2.24, 2.45) is 4.99 Å². The van der Waals surface area contributed by atoms with Crippen LogP contribution in [0.3, 0.4) is 0 Å². The van der Waals surface area contributed by atoms with Crippen LogP contribution < -0.4 is 19.5 Å². The zero-order chi connectivity index (χ0) is 20.6. The molecule has 1 aliphatic rings. The molecule has 0 radical (unpaired) electrons. The molecular formula is C24H25N3O3. The van der Waals surface area contributed by atoms with Gasteiger partial charge in [0.15, 0.2) is 11.5 Å². The Bertz CT molecular complexity index is 1020. The van der Waals surface area contributed by atoms with Crippen LogP contribution in [0.5, 0.6) is 23.1 Å². The Morgan fingerprint density at radius 3 is 2.73 bits per heavy atom. The van der Waals surface area contributed by atoms with E-state index in [0.29, 0.717) is 36.4 Å². The summed E-state index contributed by atoms with van der Waals surface area (Å²) >= 11 is 0. The second-order valence-electron chi connectivity index (χ2n) is 6.90. The normalized spacial score (nSPS) is 14.2. The van der Waals surface area contributed by atoms with Gasteiger partial charge in [-0.05, 0) is 55.7 Å². The first-order chi connectivity index (χ1) is 14.8. The second-order valence-corrected chi connectivity index (χ2v) is 6.90. The molecule has 154 valence electrons. The number of ether oxygens (including phenoxy) is 3. The lowest BCUT2D eigenvalue weighted by Crippen LogP contribution is -2.16. The Labute approximate surface area is 176 Å². The number of aliphatic imine (C=N–C) groups is 1. The molecule has 0 atom stereocenters. The van der Waals surface area contributed by atoms with Gasteiger partial charge in [0.1, 0.15) is 11.6 Å². The summed E-state index contributed by atoms with van der Waals surface area (Å²) in [6.07, 6.45) is 4.70. The third kappa shape index (κ3) is 4.89. The van der Waals surface area contributed by atoms with Gasteiger partial charge in [-0.3, -0.25) is 4.99 Å². The summed E-state index contributed by atoms with van der Waals surface area (Å²) < 4.78 is 17.5. The zero-order valence-corrected chi connectivity index (χ0v) is 17.0. The Hall–Kier alpha value is -3.54. The number of benzene rings is 2. The number of nitrogens with zero attached hydrogens (tertiary/aromatic N) is 2. The standard InChI is InChI=1S/C24H25N3O3/c1-28-19-10-7-9-18(17-19)27-23-20-11-8-15-26-24(20)30-22-13-4-3-12-21(22)29-16-6-2-5-14-25-23/h3-4,7-13,15,17H,2,5-6,14,16H2,1H3,(H,25,27). The summed E-state index contributed by atoms with van der Waals surface area (Å²) in [6, 6.07) is 19.3. The summed E-state index contributed by atoms with van der Waals surface area (Å²) in [5.74, 6) is 3.31. The highest BCUT2D eigenvalue weighted by Gasteiger charge is 2.16. The van der Waals surface area contributed by atoms with E-state index < -0.39 is 0 Å². The molecule has 6 nitrogen and oxygen atoms in total. The second kappa shape index (κ2) is 9.78. The maximum Gasteiger partial charge on any atom is 0.230 e. The van der Waals surface area contributed by atoms with Crippen LogP contribution in [-0.4, -0.2) is 31.1 Å². The molecule has 0 amide bonds. The van der Waals surface area contributed by atoms with E-state index in [4.69, 9.17) is 19.2 Å². The lowest BCUT2D eigenvalue weighted by Gasteiger charge is -2.16. The van der Waals surface area contributed by atoms with Crippen molar-refractivity contribution in [3.63, 3.8) is 0 Å². The Kier molecular flexibility index (Phi) is 6.44. The van der Waals surface area contributed by atoms with E-state index in [1.807, 2.05) is 60.7 Å². The first-order valence-electron chi connectivity index (χ1n) is 10.1. The van der Waals surface area contributed by atoms with Crippen LogP contribution >= 0.6 is 0 Å². The summed E-state index contributed by atoms with van der Waals surface area (Å²) in [7, 11) is 1.65. The molecule has 4 rings (SSSR count). The van der Waals surface area contributed by atoms with Crippen molar-refractivity contribution in [1.82, 2.24) is 4.98 Å². The van der Waals surface area contributed by atoms with E-state index >= 15 is 0 Å². The smallest absolute Gasteiger partial charge is 0.230 e. The highest BCUT2D eigenvalue weighted by molar-refractivity contribution is 6.09. The first-order valence-corrected chi connectivity index (χ1v) is 10.1. The SMILES string of the molecule is COc1cccc(NC2=NCCCCCOc3ccccc3Oc3ncccc32)c1. The van der Waals surface area contributed by atoms with Gasteiger partial charge in [0.25, 0.3) is 0 Å². The fourth-order valence-electron chi connectivity index (χ4n) is 3.20. The lowest BCUT2D eigenvalue weighted by atomic mass is 10.2. The fraction of sp³-hybridized carbons (Fsp3) is 0.250. The molecule has 6 heteroatoms. The number of rotatable bonds is 2. The van der Waals surface area contributed by atoms with Gasteiger partial charge in [-0.25, -0.2) is 4.98 Å². The van der Waals surface area contributed by atoms with Gasteiger partial charge in [0, 0.05) is 24.5 Å². The highest BCUT2D eigenvalue weighted by atomic mass is 16.5. The molecule has 0 aliphatic carbocycles. The van der Waals surface area contributed by atoms with E-state index in [-0.39, 0.29) is 0 Å². The number of pyridine rings is 1. The Morgan fingerprint density at radius 1 is 0.933 bits per heavy atom. The van der Waals surface area contributed by atoms with Gasteiger partial charge in [0.2, 0.25) is 5.88 Å². The van der Waals surface area contributed by atoms with E-state index in [1.165, 1.54) is 0 Å². The monoisotopic (exact) mass is 403 g/mol. The maximum absolute atomic E-state index is 6.19. The number of amidine groups is 1. The molecular weight excluding hydrogens is 378 g/mol. The fourth-order valence-corrected chi connectivity index (χ4v) is 3.20. The van der Waals surface area contributed by atoms with Crippen molar-refractivity contribution in [3.05, 3.63) is 72.4 Å². The largest absolute Gasteiger partial charge is 0.497 e. The summed E-state index contributed by atoms with van der Waals surface area (Å²) in [4.78, 5) is 9.31. The Morgan fingerprint density at radius 2 is 1.83 bits per heavy atom. The highest BCUT2D eigenvalue weighted by Crippen LogP contribution is 2.32. The van der Waals surface area contributed by atoms with Crippen LogP contribution in [0.25, 0.3) is 0 Å². The predicted octanol–water partition coefficient (Wildman–Crippen LogP) is 5.30. The van der Waals surface area contributed by atoms with Gasteiger partial charge in [-0.1, -0.05) is 18.2 Å². The number of para-hydroxylation sites is 2. The van der Waals surface area contributed by atoms with Gasteiger partial charge in [0.05, 0.1) is 19.3 Å². The molecule has 0 bridgehead atoms. The Balaban J connectivity index is 1.72. The van der Waals surface area contributed by atoms with Crippen molar-refractivity contribution in [1.29, 1.82) is 0 Å². The minimum absolute atomic E-state index is 0.474. The van der Waals surface area contributed by atoms with Crippen molar-refractivity contribution >= 4 is 11.5 Å². The number of hydrogen-bond donors (Lipinski definition) is 1. The summed E-state index contributed by atoms with van der Waals surface area (Å²) in [5, 5.41) is 3.42. The van der Waals surface area contributed by atoms with Gasteiger partial charge in [-0.2, -0.15) is 0 Å². The molecule has 1 aromatic heterocycles. The van der Waals surface area contributed by atoms with E-state index in [9.17, 15) is 0 Å². The predicted molar refractivity (Wildman–Crippen MR) is 118 cm³/mol. The third-order valence-corrected chi connectivity index (χ3v) is 4.74. The average molecular weight is 403 g/mol. The van der Waals surface area contributed by atoms with Crippen LogP contribution in [0.2, 0.25) is 0 Å². The minimum atomic E-state index is 0.474. The average Bonchev–Trinajstić information content (AvgIpc) is 2.80. The number of nitrogens with one attached hydrogen (secondary N) is 1. The molecule has 0 saturated carbocycles. The molecule has 0 spiro atoms. The van der Waals surface area contributed by atoms with Crippen LogP contribution in [-0.2, 0) is 0 Å². The number of hydrogen-bond acceptors (Lipinski definition) is 6. The van der Waals surface area contributed by atoms with E-state index in [0.717, 1.165) is 36.3 Å². The topological polar surface area (TPSA) is 65.0 Å². The maximum atomic E-state index is 6.19. The van der Waals surface area contributed by atoms with E-state index in [1.54, 1.807) is 13.3 Å². The van der Waals surface area contributed by atoms with Gasteiger partial charge >= 0.3 is 0 Å². The lowest BCUT2D eigenvalue weighted by molar-refractivity contribution is 0.291. The molecule has 0 saturated heterocycles. The van der Waals surface area contributed by atoms with Crippen LogP contribution in [0, 0.1) is 0 Å². The molecule has 0 unspecified atom stereocenters. The number of fused-ring (bicyclic) bond motifs is 2. The zero-order valence-electron chi connectivity index (χ0n) is 17.0. The minimum Gasteiger partial charge on any atom is -0.497 e. The summed E-state index contributed by atoms with van der Waals surface area (Å²) in [6.45, 7) is 1.35. The molecule has 1 aliphatic heterocycles. The quantitative estimate of drug-likeness (QED) is 0.629. The van der Waals surface area contributed by atoms with Gasteiger partial charge in [-0.15, -0.1) is 0 Å². The molecule has 2 heterocycles. The molecule has 1 N–H and O–H groups in total. The third-order valence-electron chi connectivity index (χ3n) is 4.74.